The Morgan fingerprint density at radius 3 is 2.71 bits per heavy atom. The highest BCUT2D eigenvalue weighted by molar-refractivity contribution is 9.10. The van der Waals surface area contributed by atoms with Gasteiger partial charge < -0.3 is 9.73 Å². The standard InChI is InChI=1S/C9H11BrN2O4S/c10-8-7(17(11,14)15)3-6(16-8)9(13)12-4-5-1-2-5/h3,5H,1-2,4H2,(H,12,13)(H2,11,14,15). The van der Waals surface area contributed by atoms with E-state index in [9.17, 15) is 13.2 Å². The summed E-state index contributed by atoms with van der Waals surface area (Å²) >= 11 is 2.91. The average molecular weight is 323 g/mol. The van der Waals surface area contributed by atoms with Crippen LogP contribution in [0.15, 0.2) is 20.0 Å². The van der Waals surface area contributed by atoms with Gasteiger partial charge in [-0.05, 0) is 34.7 Å². The Morgan fingerprint density at radius 1 is 1.59 bits per heavy atom. The van der Waals surface area contributed by atoms with Crippen LogP contribution in [-0.4, -0.2) is 20.9 Å². The van der Waals surface area contributed by atoms with Crippen molar-refractivity contribution < 1.29 is 17.6 Å². The van der Waals surface area contributed by atoms with E-state index in [0.717, 1.165) is 18.9 Å². The lowest BCUT2D eigenvalue weighted by molar-refractivity contribution is 0.0923. The van der Waals surface area contributed by atoms with Gasteiger partial charge in [0, 0.05) is 12.6 Å². The fourth-order valence-corrected chi connectivity index (χ4v) is 2.81. The molecule has 0 radical (unpaired) electrons. The number of furan rings is 1. The number of hydrogen-bond donors (Lipinski definition) is 2. The predicted molar refractivity (Wildman–Crippen MR) is 62.8 cm³/mol. The van der Waals surface area contributed by atoms with Crippen molar-refractivity contribution in [3.8, 4) is 0 Å². The van der Waals surface area contributed by atoms with E-state index in [4.69, 9.17) is 9.56 Å². The van der Waals surface area contributed by atoms with Crippen LogP contribution in [0, 0.1) is 5.92 Å². The third kappa shape index (κ3) is 3.08. The van der Waals surface area contributed by atoms with Crippen LogP contribution in [0.25, 0.3) is 0 Å². The molecule has 0 aliphatic heterocycles. The summed E-state index contributed by atoms with van der Waals surface area (Å²) in [6.07, 6.45) is 2.23. The van der Waals surface area contributed by atoms with Crippen LogP contribution in [0.2, 0.25) is 0 Å². The molecule has 1 amide bonds. The molecule has 3 N–H and O–H groups in total. The SMILES string of the molecule is NS(=O)(=O)c1cc(C(=O)NCC2CC2)oc1Br. The highest BCUT2D eigenvalue weighted by atomic mass is 79.9. The normalized spacial score (nSPS) is 15.9. The van der Waals surface area contributed by atoms with E-state index in [1.807, 2.05) is 0 Å². The van der Waals surface area contributed by atoms with Crippen LogP contribution in [0.3, 0.4) is 0 Å². The highest BCUT2D eigenvalue weighted by Crippen LogP contribution is 2.28. The summed E-state index contributed by atoms with van der Waals surface area (Å²) in [5.74, 6) is 0.0316. The first-order valence-corrected chi connectivity index (χ1v) is 7.32. The van der Waals surface area contributed by atoms with Crippen LogP contribution in [0.1, 0.15) is 23.4 Å². The number of amides is 1. The number of hydrogen-bond acceptors (Lipinski definition) is 4. The maximum absolute atomic E-state index is 11.6. The van der Waals surface area contributed by atoms with Crippen molar-refractivity contribution in [1.82, 2.24) is 5.32 Å². The third-order valence-electron chi connectivity index (χ3n) is 2.43. The van der Waals surface area contributed by atoms with Crippen molar-refractivity contribution in [2.75, 3.05) is 6.54 Å². The molecule has 1 aromatic rings. The Labute approximate surface area is 107 Å². The molecule has 0 unspecified atom stereocenters. The predicted octanol–water partition coefficient (Wildman–Crippen LogP) is 0.829. The lowest BCUT2D eigenvalue weighted by Crippen LogP contribution is -2.25. The zero-order chi connectivity index (χ0) is 12.6. The van der Waals surface area contributed by atoms with E-state index >= 15 is 0 Å². The number of sulfonamides is 1. The van der Waals surface area contributed by atoms with Gasteiger partial charge in [0.05, 0.1) is 0 Å². The van der Waals surface area contributed by atoms with Crippen molar-refractivity contribution in [2.45, 2.75) is 17.7 Å². The van der Waals surface area contributed by atoms with Gasteiger partial charge in [0.1, 0.15) is 4.90 Å². The van der Waals surface area contributed by atoms with Crippen molar-refractivity contribution >= 4 is 31.9 Å². The van der Waals surface area contributed by atoms with Crippen LogP contribution >= 0.6 is 15.9 Å². The van der Waals surface area contributed by atoms with Gasteiger partial charge in [0.15, 0.2) is 10.4 Å². The Hall–Kier alpha value is -0.860. The van der Waals surface area contributed by atoms with E-state index in [1.54, 1.807) is 0 Å². The van der Waals surface area contributed by atoms with Gasteiger partial charge in [-0.3, -0.25) is 4.79 Å². The van der Waals surface area contributed by atoms with Gasteiger partial charge >= 0.3 is 0 Å². The van der Waals surface area contributed by atoms with Crippen molar-refractivity contribution in [3.05, 3.63) is 16.5 Å². The van der Waals surface area contributed by atoms with Gasteiger partial charge in [-0.1, -0.05) is 0 Å². The zero-order valence-electron chi connectivity index (χ0n) is 8.77. The van der Waals surface area contributed by atoms with E-state index < -0.39 is 15.9 Å². The van der Waals surface area contributed by atoms with Crippen LogP contribution in [-0.2, 0) is 10.0 Å². The fourth-order valence-electron chi connectivity index (χ4n) is 1.30. The molecule has 94 valence electrons. The summed E-state index contributed by atoms with van der Waals surface area (Å²) in [6, 6.07) is 1.11. The number of rotatable bonds is 4. The second kappa shape index (κ2) is 4.43. The summed E-state index contributed by atoms with van der Waals surface area (Å²) in [4.78, 5) is 11.4. The first-order valence-electron chi connectivity index (χ1n) is 4.98. The molecule has 17 heavy (non-hydrogen) atoms. The third-order valence-corrected chi connectivity index (χ3v) is 4.20. The van der Waals surface area contributed by atoms with Gasteiger partial charge in [0.2, 0.25) is 10.0 Å². The molecule has 0 spiro atoms. The Bertz CT molecular complexity index is 547. The topological polar surface area (TPSA) is 102 Å². The maximum atomic E-state index is 11.6. The Kier molecular flexibility index (Phi) is 3.28. The van der Waals surface area contributed by atoms with Gasteiger partial charge in [0.25, 0.3) is 5.91 Å². The first kappa shape index (κ1) is 12.6. The molecule has 0 saturated heterocycles. The molecule has 0 aromatic carbocycles. The van der Waals surface area contributed by atoms with Crippen molar-refractivity contribution in [1.29, 1.82) is 0 Å². The maximum Gasteiger partial charge on any atom is 0.287 e. The molecule has 6 nitrogen and oxygen atoms in total. The minimum atomic E-state index is -3.89. The molecule has 1 heterocycles. The monoisotopic (exact) mass is 322 g/mol. The smallest absolute Gasteiger partial charge is 0.287 e. The Balaban J connectivity index is 2.13. The second-order valence-corrected chi connectivity index (χ2v) is 6.20. The lowest BCUT2D eigenvalue weighted by atomic mass is 10.4. The number of nitrogens with one attached hydrogen (secondary N) is 1. The number of nitrogens with two attached hydrogens (primary N) is 1. The highest BCUT2D eigenvalue weighted by Gasteiger charge is 2.25. The quantitative estimate of drug-likeness (QED) is 0.856. The molecule has 8 heteroatoms. The number of halogens is 1. The molecule has 1 aromatic heterocycles. The molecule has 1 aliphatic rings. The van der Waals surface area contributed by atoms with Crippen molar-refractivity contribution in [3.63, 3.8) is 0 Å². The molecule has 1 aliphatic carbocycles. The van der Waals surface area contributed by atoms with Crippen LogP contribution < -0.4 is 10.5 Å². The van der Waals surface area contributed by atoms with Crippen molar-refractivity contribution in [2.24, 2.45) is 11.1 Å². The van der Waals surface area contributed by atoms with Gasteiger partial charge in [-0.2, -0.15) is 0 Å². The summed E-state index contributed by atoms with van der Waals surface area (Å²) < 4.78 is 27.2. The van der Waals surface area contributed by atoms with Gasteiger partial charge in [-0.25, -0.2) is 13.6 Å². The summed E-state index contributed by atoms with van der Waals surface area (Å²) in [6.45, 7) is 0.585. The van der Waals surface area contributed by atoms with Crippen LogP contribution in [0.5, 0.6) is 0 Å². The number of carbonyl (C=O) groups excluding carboxylic acids is 1. The summed E-state index contributed by atoms with van der Waals surface area (Å²) in [5.41, 5.74) is 0. The molecule has 0 atom stereocenters. The second-order valence-electron chi connectivity index (χ2n) is 3.95. The average Bonchev–Trinajstić information content (AvgIpc) is 2.95. The number of primary sulfonamides is 1. The van der Waals surface area contributed by atoms with E-state index in [0.29, 0.717) is 12.5 Å². The van der Waals surface area contributed by atoms with E-state index in [2.05, 4.69) is 21.2 Å². The zero-order valence-corrected chi connectivity index (χ0v) is 11.2. The summed E-state index contributed by atoms with van der Waals surface area (Å²) in [7, 11) is -3.89. The molecular formula is C9H11BrN2O4S. The minimum Gasteiger partial charge on any atom is -0.443 e. The fraction of sp³-hybridized carbons (Fsp3) is 0.444. The molecular weight excluding hydrogens is 312 g/mol. The number of carbonyl (C=O) groups is 1. The van der Waals surface area contributed by atoms with Crippen LogP contribution in [0.4, 0.5) is 0 Å². The lowest BCUT2D eigenvalue weighted by Gasteiger charge is -1.99. The van der Waals surface area contributed by atoms with E-state index in [1.165, 1.54) is 0 Å². The molecule has 1 saturated carbocycles. The largest absolute Gasteiger partial charge is 0.443 e. The molecule has 1 fully saturated rings. The Morgan fingerprint density at radius 2 is 2.24 bits per heavy atom. The molecule has 0 bridgehead atoms. The van der Waals surface area contributed by atoms with Gasteiger partial charge in [-0.15, -0.1) is 0 Å². The first-order chi connectivity index (χ1) is 7.88. The summed E-state index contributed by atoms with van der Waals surface area (Å²) in [5, 5.41) is 7.62. The molecule has 2 rings (SSSR count). The van der Waals surface area contributed by atoms with E-state index in [-0.39, 0.29) is 15.3 Å². The minimum absolute atomic E-state index is 0.0587.